The van der Waals surface area contributed by atoms with Crippen LogP contribution in [-0.2, 0) is 11.3 Å². The number of halogens is 1. The largest absolute Gasteiger partial charge is 0.493 e. The van der Waals surface area contributed by atoms with Crippen LogP contribution in [0.3, 0.4) is 0 Å². The van der Waals surface area contributed by atoms with Gasteiger partial charge in [-0.25, -0.2) is 4.39 Å². The number of nitrogens with zero attached hydrogens (tertiary/aromatic N) is 1. The van der Waals surface area contributed by atoms with Crippen molar-refractivity contribution in [3.63, 3.8) is 0 Å². The van der Waals surface area contributed by atoms with Crippen molar-refractivity contribution in [2.75, 3.05) is 20.8 Å². The van der Waals surface area contributed by atoms with Gasteiger partial charge < -0.3 is 4.74 Å². The highest BCUT2D eigenvalue weighted by Gasteiger charge is 2.41. The van der Waals surface area contributed by atoms with Gasteiger partial charge in [-0.1, -0.05) is 52.2 Å². The minimum atomic E-state index is -0.256. The molecule has 1 saturated carbocycles. The molecular weight excluding hydrogens is 341 g/mol. The summed E-state index contributed by atoms with van der Waals surface area (Å²) in [5, 5.41) is 1.54. The zero-order valence-corrected chi connectivity index (χ0v) is 17.5. The smallest absolute Gasteiger partial charge is 0.130 e. The Kier molecular flexibility index (Phi) is 8.62. The molecule has 2 unspecified atom stereocenters. The molecule has 2 atom stereocenters. The number of benzene rings is 1. The third-order valence-corrected chi connectivity index (χ3v) is 5.80. The maximum absolute atomic E-state index is 14.3. The summed E-state index contributed by atoms with van der Waals surface area (Å²) in [7, 11) is 3.32. The molecule has 0 bridgehead atoms. The standard InChI is InChI=1S/C23H36FNO2/c1-6-8-18(9-7-2)22-15-19(22)12-13-27-21-11-10-20(23(24)16-21)14-17(3)25(4)26-5/h10-11,16,18-19,22H,3,6-9,12-15H2,1-2,4-5H3. The van der Waals surface area contributed by atoms with Crippen LogP contribution in [0.1, 0.15) is 57.9 Å². The summed E-state index contributed by atoms with van der Waals surface area (Å²) in [6.07, 6.45) is 8.10. The molecule has 3 nitrogen and oxygen atoms in total. The Morgan fingerprint density at radius 3 is 2.59 bits per heavy atom. The quantitative estimate of drug-likeness (QED) is 0.394. The normalized spacial score (nSPS) is 18.6. The molecule has 1 fully saturated rings. The molecule has 0 radical (unpaired) electrons. The predicted octanol–water partition coefficient (Wildman–Crippen LogP) is 6.00. The lowest BCUT2D eigenvalue weighted by atomic mass is 9.92. The Hall–Kier alpha value is -1.55. The van der Waals surface area contributed by atoms with E-state index in [-0.39, 0.29) is 5.82 Å². The van der Waals surface area contributed by atoms with E-state index in [4.69, 9.17) is 9.57 Å². The summed E-state index contributed by atoms with van der Waals surface area (Å²) in [4.78, 5) is 5.07. The lowest BCUT2D eigenvalue weighted by Gasteiger charge is -2.18. The van der Waals surface area contributed by atoms with Gasteiger partial charge in [0.15, 0.2) is 0 Å². The molecule has 1 aliphatic rings. The van der Waals surface area contributed by atoms with Gasteiger partial charge in [-0.15, -0.1) is 0 Å². The topological polar surface area (TPSA) is 21.7 Å². The zero-order chi connectivity index (χ0) is 19.8. The summed E-state index contributed by atoms with van der Waals surface area (Å²) in [6.45, 7) is 9.14. The van der Waals surface area contributed by atoms with Gasteiger partial charge in [-0.05, 0) is 42.2 Å². The minimum absolute atomic E-state index is 0.256. The van der Waals surface area contributed by atoms with Crippen molar-refractivity contribution in [3.05, 3.63) is 41.9 Å². The third-order valence-electron chi connectivity index (χ3n) is 5.80. The molecule has 2 rings (SSSR count). The van der Waals surface area contributed by atoms with Crippen LogP contribution < -0.4 is 4.74 Å². The molecule has 0 aromatic heterocycles. The predicted molar refractivity (Wildman–Crippen MR) is 109 cm³/mol. The van der Waals surface area contributed by atoms with E-state index in [9.17, 15) is 4.39 Å². The maximum atomic E-state index is 14.3. The van der Waals surface area contributed by atoms with Crippen molar-refractivity contribution in [3.8, 4) is 5.75 Å². The molecular formula is C23H36FNO2. The molecule has 0 aliphatic heterocycles. The van der Waals surface area contributed by atoms with E-state index in [1.165, 1.54) is 38.2 Å². The van der Waals surface area contributed by atoms with Crippen LogP contribution in [0.2, 0.25) is 0 Å². The van der Waals surface area contributed by atoms with E-state index >= 15 is 0 Å². The number of hydrogen-bond acceptors (Lipinski definition) is 3. The van der Waals surface area contributed by atoms with E-state index in [0.29, 0.717) is 30.0 Å². The van der Waals surface area contributed by atoms with Crippen molar-refractivity contribution in [2.45, 2.75) is 58.8 Å². The second-order valence-electron chi connectivity index (χ2n) is 7.81. The molecule has 1 aromatic rings. The van der Waals surface area contributed by atoms with Crippen LogP contribution in [0.15, 0.2) is 30.5 Å². The van der Waals surface area contributed by atoms with Gasteiger partial charge in [0.05, 0.1) is 13.7 Å². The summed E-state index contributed by atoms with van der Waals surface area (Å²) in [5.41, 5.74) is 1.30. The highest BCUT2D eigenvalue weighted by atomic mass is 19.1. The summed E-state index contributed by atoms with van der Waals surface area (Å²) in [6, 6.07) is 5.11. The van der Waals surface area contributed by atoms with Gasteiger partial charge >= 0.3 is 0 Å². The van der Waals surface area contributed by atoms with E-state index in [2.05, 4.69) is 20.4 Å². The van der Waals surface area contributed by atoms with Crippen LogP contribution in [0.5, 0.6) is 5.75 Å². The van der Waals surface area contributed by atoms with Gasteiger partial charge in [-0.3, -0.25) is 9.90 Å². The van der Waals surface area contributed by atoms with Crippen LogP contribution in [-0.4, -0.2) is 25.8 Å². The fourth-order valence-corrected chi connectivity index (χ4v) is 4.04. The Bertz CT molecular complexity index is 598. The van der Waals surface area contributed by atoms with E-state index in [1.54, 1.807) is 25.3 Å². The Balaban J connectivity index is 1.77. The molecule has 27 heavy (non-hydrogen) atoms. The van der Waals surface area contributed by atoms with E-state index in [1.807, 2.05) is 6.07 Å². The average Bonchev–Trinajstić information content (AvgIpc) is 3.42. The molecule has 0 saturated heterocycles. The summed E-state index contributed by atoms with van der Waals surface area (Å²) < 4.78 is 20.1. The van der Waals surface area contributed by atoms with Gasteiger partial charge in [0, 0.05) is 25.2 Å². The first-order chi connectivity index (χ1) is 13.0. The molecule has 152 valence electrons. The number of hydroxylamine groups is 2. The molecule has 0 N–H and O–H groups in total. The van der Waals surface area contributed by atoms with Crippen molar-refractivity contribution in [1.82, 2.24) is 5.06 Å². The first-order valence-corrected chi connectivity index (χ1v) is 10.4. The molecule has 0 spiro atoms. The molecule has 0 amide bonds. The molecule has 1 aromatic carbocycles. The Labute approximate surface area is 164 Å². The fraction of sp³-hybridized carbons (Fsp3) is 0.652. The van der Waals surface area contributed by atoms with Gasteiger partial charge in [-0.2, -0.15) is 0 Å². The highest BCUT2D eigenvalue weighted by Crippen LogP contribution is 2.49. The van der Waals surface area contributed by atoms with E-state index in [0.717, 1.165) is 24.2 Å². The monoisotopic (exact) mass is 377 g/mol. The first-order valence-electron chi connectivity index (χ1n) is 10.4. The summed E-state index contributed by atoms with van der Waals surface area (Å²) >= 11 is 0. The number of allylic oxidation sites excluding steroid dienone is 1. The van der Waals surface area contributed by atoms with Gasteiger partial charge in [0.2, 0.25) is 0 Å². The van der Waals surface area contributed by atoms with Crippen LogP contribution >= 0.6 is 0 Å². The fourth-order valence-electron chi connectivity index (χ4n) is 4.04. The highest BCUT2D eigenvalue weighted by molar-refractivity contribution is 5.31. The molecule has 0 heterocycles. The molecule has 1 aliphatic carbocycles. The molecule has 4 heteroatoms. The van der Waals surface area contributed by atoms with E-state index < -0.39 is 0 Å². The summed E-state index contributed by atoms with van der Waals surface area (Å²) in [5.74, 6) is 2.92. The number of hydrogen-bond donors (Lipinski definition) is 0. The minimum Gasteiger partial charge on any atom is -0.493 e. The second kappa shape index (κ2) is 10.7. The lowest BCUT2D eigenvalue weighted by molar-refractivity contribution is -0.0786. The van der Waals surface area contributed by atoms with Crippen LogP contribution in [0, 0.1) is 23.6 Å². The van der Waals surface area contributed by atoms with Crippen molar-refractivity contribution >= 4 is 0 Å². The van der Waals surface area contributed by atoms with Crippen molar-refractivity contribution < 1.29 is 14.0 Å². The van der Waals surface area contributed by atoms with Crippen LogP contribution in [0.25, 0.3) is 0 Å². The second-order valence-corrected chi connectivity index (χ2v) is 7.81. The number of ether oxygens (including phenoxy) is 1. The first kappa shape index (κ1) is 21.7. The number of likely N-dealkylation sites (N-methyl/N-ethyl adjacent to an activating group) is 1. The third kappa shape index (κ3) is 6.53. The Morgan fingerprint density at radius 1 is 1.30 bits per heavy atom. The average molecular weight is 378 g/mol. The van der Waals surface area contributed by atoms with Gasteiger partial charge in [0.1, 0.15) is 11.6 Å². The lowest BCUT2D eigenvalue weighted by Crippen LogP contribution is -2.17. The maximum Gasteiger partial charge on any atom is 0.130 e. The Morgan fingerprint density at radius 2 is 2.00 bits per heavy atom. The van der Waals surface area contributed by atoms with Crippen molar-refractivity contribution in [1.29, 1.82) is 0 Å². The zero-order valence-electron chi connectivity index (χ0n) is 17.5. The number of rotatable bonds is 13. The SMILES string of the molecule is C=C(Cc1ccc(OCCC2CC2C(CCC)CCC)cc1F)N(C)OC. The van der Waals surface area contributed by atoms with Crippen LogP contribution in [0.4, 0.5) is 4.39 Å². The van der Waals surface area contributed by atoms with Gasteiger partial charge in [0.25, 0.3) is 0 Å². The van der Waals surface area contributed by atoms with Crippen molar-refractivity contribution in [2.24, 2.45) is 17.8 Å².